The van der Waals surface area contributed by atoms with Gasteiger partial charge in [-0.25, -0.2) is 9.97 Å². The van der Waals surface area contributed by atoms with Crippen LogP contribution in [0.3, 0.4) is 0 Å². The summed E-state index contributed by atoms with van der Waals surface area (Å²) >= 11 is 0. The molecule has 0 aromatic carbocycles. The predicted molar refractivity (Wildman–Crippen MR) is 117 cm³/mol. The van der Waals surface area contributed by atoms with E-state index in [9.17, 15) is 9.59 Å². The predicted octanol–water partition coefficient (Wildman–Crippen LogP) is 1.18. The summed E-state index contributed by atoms with van der Waals surface area (Å²) in [5, 5.41) is 6.19. The number of amides is 2. The Morgan fingerprint density at radius 2 is 2.06 bits per heavy atom. The summed E-state index contributed by atoms with van der Waals surface area (Å²) in [5.74, 6) is -0.0815. The Balaban J connectivity index is 1.26. The summed E-state index contributed by atoms with van der Waals surface area (Å²) < 4.78 is 3.87. The molecule has 0 saturated carbocycles. The number of rotatable bonds is 7. The van der Waals surface area contributed by atoms with Gasteiger partial charge in [-0.15, -0.1) is 0 Å². The highest BCUT2D eigenvalue weighted by Gasteiger charge is 2.27. The molecule has 1 fully saturated rings. The third kappa shape index (κ3) is 5.49. The number of hydrogen-bond donors (Lipinski definition) is 2. The average Bonchev–Trinajstić information content (AvgIpc) is 3.41. The summed E-state index contributed by atoms with van der Waals surface area (Å²) in [7, 11) is 2.00. The van der Waals surface area contributed by atoms with E-state index in [0.29, 0.717) is 18.7 Å². The van der Waals surface area contributed by atoms with E-state index in [4.69, 9.17) is 0 Å². The first-order chi connectivity index (χ1) is 15.1. The zero-order chi connectivity index (χ0) is 21.6. The normalized spacial score (nSPS) is 19.8. The van der Waals surface area contributed by atoms with E-state index >= 15 is 0 Å². The lowest BCUT2D eigenvalue weighted by molar-refractivity contribution is -0.125. The van der Waals surface area contributed by atoms with Crippen LogP contribution in [-0.4, -0.2) is 68.4 Å². The Morgan fingerprint density at radius 1 is 1.16 bits per heavy atom. The van der Waals surface area contributed by atoms with Crippen molar-refractivity contribution in [3.63, 3.8) is 0 Å². The minimum atomic E-state index is -0.105. The number of imidazole rings is 2. The highest BCUT2D eigenvalue weighted by atomic mass is 16.2. The molecule has 0 aliphatic carbocycles. The van der Waals surface area contributed by atoms with E-state index in [1.54, 1.807) is 30.9 Å². The molecule has 164 valence electrons. The Morgan fingerprint density at radius 3 is 2.90 bits per heavy atom. The number of hydrogen-bond acceptors (Lipinski definition) is 5. The smallest absolute Gasteiger partial charge is 0.251 e. The van der Waals surface area contributed by atoms with Crippen molar-refractivity contribution in [1.82, 2.24) is 34.5 Å². The monoisotopic (exact) mass is 423 g/mol. The molecule has 2 amide bonds. The fraction of sp³-hybridized carbons (Fsp3) is 0.455. The molecule has 9 heteroatoms. The van der Waals surface area contributed by atoms with Crippen molar-refractivity contribution in [1.29, 1.82) is 0 Å². The van der Waals surface area contributed by atoms with E-state index < -0.39 is 0 Å². The highest BCUT2D eigenvalue weighted by molar-refractivity contribution is 5.95. The van der Waals surface area contributed by atoms with Gasteiger partial charge in [-0.1, -0.05) is 0 Å². The van der Waals surface area contributed by atoms with Crippen LogP contribution in [-0.2, 0) is 11.3 Å². The Bertz CT molecular complexity index is 1010. The topological polar surface area (TPSA) is 96.6 Å². The van der Waals surface area contributed by atoms with Crippen molar-refractivity contribution in [2.45, 2.75) is 31.8 Å². The number of likely N-dealkylation sites (tertiary alicyclic amines) is 1. The summed E-state index contributed by atoms with van der Waals surface area (Å²) in [5.41, 5.74) is 1.34. The maximum atomic E-state index is 12.7. The Kier molecular flexibility index (Phi) is 6.61. The molecule has 1 aliphatic heterocycles. The average molecular weight is 424 g/mol. The minimum Gasteiger partial charge on any atom is -0.356 e. The highest BCUT2D eigenvalue weighted by Crippen LogP contribution is 2.17. The minimum absolute atomic E-state index is 0.00696. The number of nitrogens with one attached hydrogen (secondary N) is 2. The fourth-order valence-electron chi connectivity index (χ4n) is 4.10. The van der Waals surface area contributed by atoms with E-state index in [1.165, 1.54) is 0 Å². The first-order valence-corrected chi connectivity index (χ1v) is 10.7. The van der Waals surface area contributed by atoms with Gasteiger partial charge < -0.3 is 24.5 Å². The summed E-state index contributed by atoms with van der Waals surface area (Å²) in [4.78, 5) is 35.8. The molecule has 31 heavy (non-hydrogen) atoms. The maximum absolute atomic E-state index is 12.7. The molecular weight excluding hydrogens is 394 g/mol. The second-order valence-corrected chi connectivity index (χ2v) is 8.22. The van der Waals surface area contributed by atoms with Crippen molar-refractivity contribution >= 4 is 17.5 Å². The third-order valence-corrected chi connectivity index (χ3v) is 5.75. The van der Waals surface area contributed by atoms with Gasteiger partial charge in [0.25, 0.3) is 5.91 Å². The van der Waals surface area contributed by atoms with Crippen LogP contribution in [0.2, 0.25) is 0 Å². The van der Waals surface area contributed by atoms with Crippen molar-refractivity contribution in [3.8, 4) is 0 Å². The molecule has 9 nitrogen and oxygen atoms in total. The summed E-state index contributed by atoms with van der Waals surface area (Å²) in [6, 6.07) is 3.59. The molecule has 0 radical (unpaired) electrons. The van der Waals surface area contributed by atoms with Gasteiger partial charge in [0.1, 0.15) is 5.65 Å². The van der Waals surface area contributed by atoms with E-state index in [0.717, 1.165) is 38.0 Å². The van der Waals surface area contributed by atoms with Crippen LogP contribution < -0.4 is 10.6 Å². The molecule has 3 aromatic heterocycles. The summed E-state index contributed by atoms with van der Waals surface area (Å²) in [6.45, 7) is 2.90. The van der Waals surface area contributed by atoms with Crippen LogP contribution in [0.25, 0.3) is 5.65 Å². The number of aryl methyl sites for hydroxylation is 1. The van der Waals surface area contributed by atoms with Crippen molar-refractivity contribution in [3.05, 3.63) is 55.0 Å². The van der Waals surface area contributed by atoms with Gasteiger partial charge >= 0.3 is 0 Å². The fourth-order valence-corrected chi connectivity index (χ4v) is 4.10. The largest absolute Gasteiger partial charge is 0.356 e. The SMILES string of the molecule is CN1C[C@@H](NC(=O)c2ccn3ccnc3c2)CC[C@@H](C(=O)NCCCn2ccnc2)C1. The quantitative estimate of drug-likeness (QED) is 0.556. The molecule has 4 heterocycles. The van der Waals surface area contributed by atoms with Gasteiger partial charge in [0, 0.05) is 68.8 Å². The van der Waals surface area contributed by atoms with Gasteiger partial charge in [0.05, 0.1) is 12.2 Å². The molecule has 0 spiro atoms. The molecule has 0 bridgehead atoms. The van der Waals surface area contributed by atoms with Crippen LogP contribution in [0, 0.1) is 5.92 Å². The third-order valence-electron chi connectivity index (χ3n) is 5.75. The first kappa shape index (κ1) is 21.0. The maximum Gasteiger partial charge on any atom is 0.251 e. The van der Waals surface area contributed by atoms with E-state index in [1.807, 2.05) is 34.6 Å². The lowest BCUT2D eigenvalue weighted by Gasteiger charge is -2.22. The van der Waals surface area contributed by atoms with Crippen molar-refractivity contribution in [2.75, 3.05) is 26.7 Å². The van der Waals surface area contributed by atoms with Gasteiger partial charge in [0.15, 0.2) is 0 Å². The lowest BCUT2D eigenvalue weighted by atomic mass is 10.0. The molecule has 0 unspecified atom stereocenters. The standard InChI is InChI=1S/C22H29N7O2/c1-27-14-18(21(30)25-6-2-9-28-11-7-23-16-28)3-4-19(15-27)26-22(31)17-5-10-29-12-8-24-20(29)13-17/h5,7-8,10-13,16,18-19H,2-4,6,9,14-15H2,1H3,(H,25,30)(H,26,31)/t18-,19+/m1/s1. The van der Waals surface area contributed by atoms with Crippen LogP contribution in [0.4, 0.5) is 0 Å². The zero-order valence-corrected chi connectivity index (χ0v) is 17.8. The zero-order valence-electron chi connectivity index (χ0n) is 17.8. The molecule has 2 atom stereocenters. The molecule has 1 aliphatic rings. The number of aromatic nitrogens is 4. The van der Waals surface area contributed by atoms with Crippen LogP contribution >= 0.6 is 0 Å². The second kappa shape index (κ2) is 9.74. The van der Waals surface area contributed by atoms with Crippen LogP contribution in [0.15, 0.2) is 49.4 Å². The van der Waals surface area contributed by atoms with Gasteiger partial charge in [-0.2, -0.15) is 0 Å². The number of likely N-dealkylation sites (N-methyl/N-ethyl adjacent to an activating group) is 1. The lowest BCUT2D eigenvalue weighted by Crippen LogP contribution is -2.42. The Hall–Kier alpha value is -3.20. The number of fused-ring (bicyclic) bond motifs is 1. The number of nitrogens with zero attached hydrogens (tertiary/aromatic N) is 5. The number of carbonyl (C=O) groups is 2. The molecule has 1 saturated heterocycles. The van der Waals surface area contributed by atoms with Crippen LogP contribution in [0.1, 0.15) is 29.6 Å². The Labute approximate surface area is 181 Å². The van der Waals surface area contributed by atoms with Gasteiger partial charge in [-0.05, 0) is 38.4 Å². The van der Waals surface area contributed by atoms with E-state index in [-0.39, 0.29) is 23.8 Å². The molecule has 3 aromatic rings. The van der Waals surface area contributed by atoms with E-state index in [2.05, 4.69) is 25.5 Å². The first-order valence-electron chi connectivity index (χ1n) is 10.7. The summed E-state index contributed by atoms with van der Waals surface area (Å²) in [6.07, 6.45) is 13.2. The molecular formula is C22H29N7O2. The molecule has 4 rings (SSSR count). The van der Waals surface area contributed by atoms with Gasteiger partial charge in [0.2, 0.25) is 5.91 Å². The second-order valence-electron chi connectivity index (χ2n) is 8.22. The van der Waals surface area contributed by atoms with Gasteiger partial charge in [-0.3, -0.25) is 9.59 Å². The number of pyridine rings is 1. The van der Waals surface area contributed by atoms with Crippen LogP contribution in [0.5, 0.6) is 0 Å². The molecule has 2 N–H and O–H groups in total. The van der Waals surface area contributed by atoms with Crippen molar-refractivity contribution in [2.24, 2.45) is 5.92 Å². The number of carbonyl (C=O) groups excluding carboxylic acids is 2. The van der Waals surface area contributed by atoms with Crippen molar-refractivity contribution < 1.29 is 9.59 Å².